The van der Waals surface area contributed by atoms with Gasteiger partial charge in [0.05, 0.1) is 25.2 Å². The monoisotopic (exact) mass is 372 g/mol. The van der Waals surface area contributed by atoms with Gasteiger partial charge in [0.2, 0.25) is 5.91 Å². The Bertz CT molecular complexity index is 805. The molecule has 136 valence electrons. The lowest BCUT2D eigenvalue weighted by Crippen LogP contribution is -2.31. The van der Waals surface area contributed by atoms with Gasteiger partial charge >= 0.3 is 0 Å². The van der Waals surface area contributed by atoms with Crippen LogP contribution in [0, 0.1) is 0 Å². The number of aromatic nitrogens is 3. The summed E-state index contributed by atoms with van der Waals surface area (Å²) in [5, 5.41) is 8.69. The fraction of sp³-hybridized carbons (Fsp3) is 0.278. The summed E-state index contributed by atoms with van der Waals surface area (Å²) in [6.45, 7) is 1.59. The largest absolute Gasteiger partial charge is 0.467 e. The number of ether oxygens (including phenoxy) is 1. The number of carbonyl (C=O) groups is 1. The first-order valence-corrected chi connectivity index (χ1v) is 9.14. The first-order chi connectivity index (χ1) is 12.8. The molecule has 0 atom stereocenters. The first kappa shape index (κ1) is 18.2. The Morgan fingerprint density at radius 3 is 2.85 bits per heavy atom. The highest BCUT2D eigenvalue weighted by Crippen LogP contribution is 2.21. The number of anilines is 1. The summed E-state index contributed by atoms with van der Waals surface area (Å²) in [7, 11) is 1.65. The van der Waals surface area contributed by atoms with Crippen molar-refractivity contribution in [1.82, 2.24) is 14.8 Å². The predicted octanol–water partition coefficient (Wildman–Crippen LogP) is 2.84. The maximum absolute atomic E-state index is 12.9. The number of amides is 1. The summed E-state index contributed by atoms with van der Waals surface area (Å²) in [5.41, 5.74) is 0.829. The second-order valence-electron chi connectivity index (χ2n) is 5.48. The molecule has 0 saturated heterocycles. The van der Waals surface area contributed by atoms with Gasteiger partial charge in [-0.2, -0.15) is 0 Å². The molecule has 3 rings (SSSR count). The third-order valence-electron chi connectivity index (χ3n) is 3.70. The van der Waals surface area contributed by atoms with Crippen LogP contribution in [0.5, 0.6) is 0 Å². The number of rotatable bonds is 9. The van der Waals surface area contributed by atoms with Gasteiger partial charge in [0.15, 0.2) is 5.16 Å². The van der Waals surface area contributed by atoms with Gasteiger partial charge in [-0.15, -0.1) is 10.2 Å². The SMILES string of the molecule is COCCn1cnnc1SCC(=O)N(Cc1ccco1)c1ccccc1. The summed E-state index contributed by atoms with van der Waals surface area (Å²) in [6, 6.07) is 13.2. The minimum atomic E-state index is -0.0288. The Labute approximate surface area is 156 Å². The number of thioether (sulfide) groups is 1. The quantitative estimate of drug-likeness (QED) is 0.538. The zero-order valence-corrected chi connectivity index (χ0v) is 15.3. The van der Waals surface area contributed by atoms with Crippen LogP contribution in [0.15, 0.2) is 64.6 Å². The van der Waals surface area contributed by atoms with Crippen molar-refractivity contribution in [3.05, 3.63) is 60.8 Å². The summed E-state index contributed by atoms with van der Waals surface area (Å²) in [4.78, 5) is 14.6. The molecular formula is C18H20N4O3S. The number of hydrogen-bond acceptors (Lipinski definition) is 6. The Balaban J connectivity index is 1.69. The maximum atomic E-state index is 12.9. The lowest BCUT2D eigenvalue weighted by molar-refractivity contribution is -0.116. The molecular weight excluding hydrogens is 352 g/mol. The van der Waals surface area contributed by atoms with Crippen molar-refractivity contribution in [2.45, 2.75) is 18.2 Å². The number of furan rings is 1. The molecule has 8 heteroatoms. The summed E-state index contributed by atoms with van der Waals surface area (Å²) >= 11 is 1.36. The normalized spacial score (nSPS) is 10.8. The van der Waals surface area contributed by atoms with Crippen molar-refractivity contribution in [2.75, 3.05) is 24.4 Å². The van der Waals surface area contributed by atoms with Crippen LogP contribution < -0.4 is 4.90 Å². The van der Waals surface area contributed by atoms with Gasteiger partial charge < -0.3 is 18.6 Å². The van der Waals surface area contributed by atoms with Crippen LogP contribution in [0.25, 0.3) is 0 Å². The van der Waals surface area contributed by atoms with E-state index in [1.807, 2.05) is 47.0 Å². The highest BCUT2D eigenvalue weighted by atomic mass is 32.2. The van der Waals surface area contributed by atoms with Gasteiger partial charge in [0.1, 0.15) is 12.1 Å². The van der Waals surface area contributed by atoms with Crippen molar-refractivity contribution in [3.8, 4) is 0 Å². The molecule has 0 fully saturated rings. The van der Waals surface area contributed by atoms with Crippen LogP contribution in [0.2, 0.25) is 0 Å². The molecule has 0 aliphatic carbocycles. The van der Waals surface area contributed by atoms with Gasteiger partial charge in [-0.25, -0.2) is 0 Å². The zero-order valence-electron chi connectivity index (χ0n) is 14.4. The van der Waals surface area contributed by atoms with E-state index in [0.29, 0.717) is 24.9 Å². The van der Waals surface area contributed by atoms with Crippen LogP contribution in [-0.2, 0) is 22.6 Å². The van der Waals surface area contributed by atoms with E-state index in [9.17, 15) is 4.79 Å². The molecule has 0 spiro atoms. The maximum Gasteiger partial charge on any atom is 0.237 e. The molecule has 2 heterocycles. The number of nitrogens with zero attached hydrogens (tertiary/aromatic N) is 4. The first-order valence-electron chi connectivity index (χ1n) is 8.15. The van der Waals surface area contributed by atoms with Crippen molar-refractivity contribution in [3.63, 3.8) is 0 Å². The highest BCUT2D eigenvalue weighted by molar-refractivity contribution is 7.99. The van der Waals surface area contributed by atoms with Crippen LogP contribution >= 0.6 is 11.8 Å². The van der Waals surface area contributed by atoms with E-state index < -0.39 is 0 Å². The molecule has 0 unspecified atom stereocenters. The molecule has 26 heavy (non-hydrogen) atoms. The Hall–Kier alpha value is -2.58. The van der Waals surface area contributed by atoms with Gasteiger partial charge in [0, 0.05) is 19.3 Å². The second-order valence-corrected chi connectivity index (χ2v) is 6.43. The molecule has 0 aliphatic heterocycles. The van der Waals surface area contributed by atoms with E-state index in [1.54, 1.807) is 24.6 Å². The molecule has 0 aliphatic rings. The third kappa shape index (κ3) is 4.74. The minimum absolute atomic E-state index is 0.0288. The number of benzene rings is 1. The van der Waals surface area contributed by atoms with E-state index in [4.69, 9.17) is 9.15 Å². The molecule has 2 aromatic heterocycles. The number of carbonyl (C=O) groups excluding carboxylic acids is 1. The second kappa shape index (κ2) is 9.21. The van der Waals surface area contributed by atoms with Crippen LogP contribution in [0.3, 0.4) is 0 Å². The third-order valence-corrected chi connectivity index (χ3v) is 4.67. The Kier molecular flexibility index (Phi) is 6.45. The van der Waals surface area contributed by atoms with Crippen molar-refractivity contribution in [2.24, 2.45) is 0 Å². The van der Waals surface area contributed by atoms with Gasteiger partial charge in [-0.05, 0) is 24.3 Å². The summed E-state index contributed by atoms with van der Waals surface area (Å²) < 4.78 is 12.4. The molecule has 1 aromatic carbocycles. The zero-order chi connectivity index (χ0) is 18.2. The lowest BCUT2D eigenvalue weighted by Gasteiger charge is -2.21. The van der Waals surface area contributed by atoms with Crippen LogP contribution in [0.4, 0.5) is 5.69 Å². The highest BCUT2D eigenvalue weighted by Gasteiger charge is 2.19. The van der Waals surface area contributed by atoms with Crippen molar-refractivity contribution < 1.29 is 13.9 Å². The van der Waals surface area contributed by atoms with E-state index in [-0.39, 0.29) is 11.7 Å². The molecule has 1 amide bonds. The van der Waals surface area contributed by atoms with E-state index >= 15 is 0 Å². The molecule has 0 saturated carbocycles. The summed E-state index contributed by atoms with van der Waals surface area (Å²) in [6.07, 6.45) is 3.25. The average Bonchev–Trinajstić information content (AvgIpc) is 3.35. The standard InChI is InChI=1S/C18H20N4O3S/c1-24-11-9-21-14-19-20-18(21)26-13-17(23)22(12-16-8-5-10-25-16)15-6-3-2-4-7-15/h2-8,10,14H,9,11-13H2,1H3. The van der Waals surface area contributed by atoms with Gasteiger partial charge in [-0.3, -0.25) is 4.79 Å². The van der Waals surface area contributed by atoms with Gasteiger partial charge in [0.25, 0.3) is 0 Å². The number of methoxy groups -OCH3 is 1. The molecule has 7 nitrogen and oxygen atoms in total. The average molecular weight is 372 g/mol. The van der Waals surface area contributed by atoms with E-state index in [0.717, 1.165) is 11.4 Å². The molecule has 3 aromatic rings. The smallest absolute Gasteiger partial charge is 0.237 e. The summed E-state index contributed by atoms with van der Waals surface area (Å²) in [5.74, 6) is 0.954. The van der Waals surface area contributed by atoms with Crippen molar-refractivity contribution in [1.29, 1.82) is 0 Å². The minimum Gasteiger partial charge on any atom is -0.467 e. The Morgan fingerprint density at radius 1 is 1.27 bits per heavy atom. The number of hydrogen-bond donors (Lipinski definition) is 0. The topological polar surface area (TPSA) is 73.4 Å². The molecule has 0 bridgehead atoms. The number of para-hydroxylation sites is 1. The van der Waals surface area contributed by atoms with E-state index in [2.05, 4.69) is 10.2 Å². The van der Waals surface area contributed by atoms with E-state index in [1.165, 1.54) is 11.8 Å². The predicted molar refractivity (Wildman–Crippen MR) is 99.0 cm³/mol. The lowest BCUT2D eigenvalue weighted by atomic mass is 10.2. The molecule has 0 N–H and O–H groups in total. The van der Waals surface area contributed by atoms with Crippen molar-refractivity contribution >= 4 is 23.4 Å². The molecule has 0 radical (unpaired) electrons. The van der Waals surface area contributed by atoms with Gasteiger partial charge in [-0.1, -0.05) is 30.0 Å². The fourth-order valence-corrected chi connectivity index (χ4v) is 3.21. The Morgan fingerprint density at radius 2 is 2.12 bits per heavy atom. The van der Waals surface area contributed by atoms with Crippen LogP contribution in [0.1, 0.15) is 5.76 Å². The van der Waals surface area contributed by atoms with Crippen LogP contribution in [-0.4, -0.2) is 40.1 Å². The fourth-order valence-electron chi connectivity index (χ4n) is 2.39.